The first-order valence-corrected chi connectivity index (χ1v) is 5.83. The summed E-state index contributed by atoms with van der Waals surface area (Å²) in [6.07, 6.45) is 1.47. The zero-order valence-corrected chi connectivity index (χ0v) is 10.6. The van der Waals surface area contributed by atoms with Gasteiger partial charge < -0.3 is 10.5 Å². The molecule has 0 spiro atoms. The van der Waals surface area contributed by atoms with Gasteiger partial charge in [0.15, 0.2) is 0 Å². The van der Waals surface area contributed by atoms with Gasteiger partial charge in [0.1, 0.15) is 11.9 Å². The van der Waals surface area contributed by atoms with Crippen molar-refractivity contribution in [2.75, 3.05) is 5.73 Å². The molecule has 0 aromatic heterocycles. The maximum absolute atomic E-state index is 6.08. The lowest BCUT2D eigenvalue weighted by Crippen LogP contribution is -2.58. The molecule has 0 radical (unpaired) electrons. The van der Waals surface area contributed by atoms with E-state index in [1.807, 2.05) is 24.3 Å². The second-order valence-electron chi connectivity index (χ2n) is 6.22. The molecule has 0 atom stereocenters. The number of nitrogen functional groups attached to an aromatic ring is 1. The molecule has 1 aromatic carbocycles. The van der Waals surface area contributed by atoms with E-state index in [0.29, 0.717) is 0 Å². The topological polar surface area (TPSA) is 35.2 Å². The lowest BCUT2D eigenvalue weighted by Gasteiger charge is -2.56. The highest BCUT2D eigenvalue weighted by Gasteiger charge is 2.54. The molecule has 1 aromatic rings. The lowest BCUT2D eigenvalue weighted by molar-refractivity contribution is -0.133. The van der Waals surface area contributed by atoms with E-state index in [1.54, 1.807) is 0 Å². The summed E-state index contributed by atoms with van der Waals surface area (Å²) in [4.78, 5) is 0. The third-order valence-corrected chi connectivity index (χ3v) is 3.44. The Bertz CT molecular complexity index is 381. The molecule has 0 aliphatic heterocycles. The van der Waals surface area contributed by atoms with Gasteiger partial charge in [0.25, 0.3) is 0 Å². The smallest absolute Gasteiger partial charge is 0.121 e. The number of benzene rings is 1. The molecule has 0 heterocycles. The predicted molar refractivity (Wildman–Crippen MR) is 67.4 cm³/mol. The van der Waals surface area contributed by atoms with Crippen molar-refractivity contribution in [3.63, 3.8) is 0 Å². The Kier molecular flexibility index (Phi) is 2.41. The average Bonchev–Trinajstić information content (AvgIpc) is 2.12. The number of anilines is 1. The fourth-order valence-electron chi connectivity index (χ4n) is 3.33. The summed E-state index contributed by atoms with van der Waals surface area (Å²) in [5.41, 5.74) is 7.02. The minimum absolute atomic E-state index is 0.258. The van der Waals surface area contributed by atoms with Crippen molar-refractivity contribution in [2.45, 2.75) is 40.2 Å². The Morgan fingerprint density at radius 1 is 1.19 bits per heavy atom. The molecule has 1 aliphatic carbocycles. The van der Waals surface area contributed by atoms with Crippen LogP contribution in [-0.4, -0.2) is 6.10 Å². The van der Waals surface area contributed by atoms with Gasteiger partial charge in [-0.25, -0.2) is 0 Å². The Labute approximate surface area is 97.8 Å². The van der Waals surface area contributed by atoms with Gasteiger partial charge in [-0.05, 0) is 18.6 Å². The highest BCUT2D eigenvalue weighted by Crippen LogP contribution is 2.55. The van der Waals surface area contributed by atoms with E-state index in [2.05, 4.69) is 27.7 Å². The third-order valence-electron chi connectivity index (χ3n) is 3.44. The Balaban J connectivity index is 2.15. The van der Waals surface area contributed by atoms with Crippen LogP contribution in [0.3, 0.4) is 0 Å². The molecular formula is C14H21NO. The van der Waals surface area contributed by atoms with Crippen molar-refractivity contribution in [2.24, 2.45) is 10.8 Å². The Hall–Kier alpha value is -1.18. The maximum atomic E-state index is 6.08. The number of rotatable bonds is 2. The fourth-order valence-corrected chi connectivity index (χ4v) is 3.33. The first-order valence-electron chi connectivity index (χ1n) is 5.83. The normalized spacial score (nSPS) is 22.5. The molecular weight excluding hydrogens is 198 g/mol. The van der Waals surface area contributed by atoms with Crippen LogP contribution >= 0.6 is 0 Å². The highest BCUT2D eigenvalue weighted by atomic mass is 16.5. The molecule has 0 bridgehead atoms. The lowest BCUT2D eigenvalue weighted by atomic mass is 9.53. The molecule has 1 fully saturated rings. The van der Waals surface area contributed by atoms with Crippen LogP contribution in [-0.2, 0) is 0 Å². The molecule has 2 N–H and O–H groups in total. The van der Waals surface area contributed by atoms with Crippen molar-refractivity contribution in [3.05, 3.63) is 24.3 Å². The molecule has 0 unspecified atom stereocenters. The van der Waals surface area contributed by atoms with E-state index < -0.39 is 0 Å². The van der Waals surface area contributed by atoms with Gasteiger partial charge in [0, 0.05) is 22.6 Å². The minimum Gasteiger partial charge on any atom is -0.489 e. The van der Waals surface area contributed by atoms with Crippen LogP contribution < -0.4 is 10.5 Å². The summed E-state index contributed by atoms with van der Waals surface area (Å²) in [5.74, 6) is 0.880. The van der Waals surface area contributed by atoms with E-state index in [-0.39, 0.29) is 16.9 Å². The first-order chi connectivity index (χ1) is 7.31. The molecule has 1 saturated carbocycles. The van der Waals surface area contributed by atoms with Crippen LogP contribution in [0.1, 0.15) is 34.1 Å². The Morgan fingerprint density at radius 3 is 2.31 bits per heavy atom. The van der Waals surface area contributed by atoms with Gasteiger partial charge in [0.2, 0.25) is 0 Å². The largest absolute Gasteiger partial charge is 0.489 e. The molecule has 2 heteroatoms. The number of ether oxygens (including phenoxy) is 1. The van der Waals surface area contributed by atoms with E-state index in [9.17, 15) is 0 Å². The number of nitrogens with two attached hydrogens (primary N) is 1. The monoisotopic (exact) mass is 219 g/mol. The molecule has 16 heavy (non-hydrogen) atoms. The summed E-state index contributed by atoms with van der Waals surface area (Å²) in [6, 6.07) is 7.68. The van der Waals surface area contributed by atoms with E-state index >= 15 is 0 Å². The van der Waals surface area contributed by atoms with Gasteiger partial charge in [-0.15, -0.1) is 0 Å². The SMILES string of the molecule is CC1(C)CC(C)(C)C1Oc1cccc(N)c1. The van der Waals surface area contributed by atoms with Crippen molar-refractivity contribution in [1.82, 2.24) is 0 Å². The highest BCUT2D eigenvalue weighted by molar-refractivity contribution is 5.43. The van der Waals surface area contributed by atoms with E-state index in [4.69, 9.17) is 10.5 Å². The van der Waals surface area contributed by atoms with Crippen molar-refractivity contribution < 1.29 is 4.74 Å². The standard InChI is InChI=1S/C14H21NO/c1-13(2)9-14(3,4)12(13)16-11-7-5-6-10(15)8-11/h5-8,12H,9,15H2,1-4H3. The Morgan fingerprint density at radius 2 is 1.81 bits per heavy atom. The van der Waals surface area contributed by atoms with Crippen LogP contribution in [0.5, 0.6) is 5.75 Å². The average molecular weight is 219 g/mol. The van der Waals surface area contributed by atoms with E-state index in [0.717, 1.165) is 11.4 Å². The van der Waals surface area contributed by atoms with Crippen molar-refractivity contribution >= 4 is 5.69 Å². The van der Waals surface area contributed by atoms with Crippen LogP contribution in [0.25, 0.3) is 0 Å². The zero-order chi connectivity index (χ0) is 12.0. The van der Waals surface area contributed by atoms with Crippen LogP contribution in [0, 0.1) is 10.8 Å². The van der Waals surface area contributed by atoms with Gasteiger partial charge in [-0.1, -0.05) is 33.8 Å². The molecule has 1 aliphatic rings. The van der Waals surface area contributed by atoms with Crippen molar-refractivity contribution in [1.29, 1.82) is 0 Å². The van der Waals surface area contributed by atoms with Crippen LogP contribution in [0.4, 0.5) is 5.69 Å². The fraction of sp³-hybridized carbons (Fsp3) is 0.571. The maximum Gasteiger partial charge on any atom is 0.121 e. The van der Waals surface area contributed by atoms with Gasteiger partial charge in [0.05, 0.1) is 0 Å². The number of hydrogen-bond acceptors (Lipinski definition) is 2. The summed E-state index contributed by atoms with van der Waals surface area (Å²) in [7, 11) is 0. The van der Waals surface area contributed by atoms with Crippen molar-refractivity contribution in [3.8, 4) is 5.75 Å². The zero-order valence-electron chi connectivity index (χ0n) is 10.6. The summed E-state index contributed by atoms with van der Waals surface area (Å²) in [5, 5.41) is 0. The molecule has 88 valence electrons. The minimum atomic E-state index is 0.258. The summed E-state index contributed by atoms with van der Waals surface area (Å²) < 4.78 is 6.08. The van der Waals surface area contributed by atoms with Crippen LogP contribution in [0.2, 0.25) is 0 Å². The summed E-state index contributed by atoms with van der Waals surface area (Å²) >= 11 is 0. The molecule has 2 rings (SSSR count). The second-order valence-corrected chi connectivity index (χ2v) is 6.22. The van der Waals surface area contributed by atoms with E-state index in [1.165, 1.54) is 6.42 Å². The summed E-state index contributed by atoms with van der Waals surface area (Å²) in [6.45, 7) is 9.04. The number of hydrogen-bond donors (Lipinski definition) is 1. The molecule has 0 amide bonds. The molecule has 0 saturated heterocycles. The van der Waals surface area contributed by atoms with Gasteiger partial charge in [-0.3, -0.25) is 0 Å². The second kappa shape index (κ2) is 3.41. The van der Waals surface area contributed by atoms with Gasteiger partial charge >= 0.3 is 0 Å². The predicted octanol–water partition coefficient (Wildman–Crippen LogP) is 3.47. The molecule has 2 nitrogen and oxygen atoms in total. The third kappa shape index (κ3) is 1.89. The quantitative estimate of drug-likeness (QED) is 0.773. The first kappa shape index (κ1) is 11.3. The van der Waals surface area contributed by atoms with Crippen LogP contribution in [0.15, 0.2) is 24.3 Å². The van der Waals surface area contributed by atoms with Gasteiger partial charge in [-0.2, -0.15) is 0 Å².